The summed E-state index contributed by atoms with van der Waals surface area (Å²) in [6.45, 7) is 0.361. The third-order valence-electron chi connectivity index (χ3n) is 4.49. The highest BCUT2D eigenvalue weighted by atomic mass is 16.5. The van der Waals surface area contributed by atoms with E-state index in [-0.39, 0.29) is 19.1 Å². The number of aryl methyl sites for hydroxylation is 1. The average Bonchev–Trinajstić information content (AvgIpc) is 2.95. The lowest BCUT2D eigenvalue weighted by atomic mass is 10.1. The molecule has 0 aliphatic carbocycles. The number of aliphatic hydroxyl groups excluding tert-OH is 1. The Labute approximate surface area is 158 Å². The van der Waals surface area contributed by atoms with Gasteiger partial charge in [-0.25, -0.2) is 4.79 Å². The van der Waals surface area contributed by atoms with Crippen molar-refractivity contribution < 1.29 is 19.4 Å². The quantitative estimate of drug-likeness (QED) is 0.665. The van der Waals surface area contributed by atoms with Crippen LogP contribution in [0.25, 0.3) is 0 Å². The van der Waals surface area contributed by atoms with Crippen LogP contribution in [-0.4, -0.2) is 47.2 Å². The Morgan fingerprint density at radius 3 is 2.30 bits per heavy atom. The number of rotatable bonds is 9. The van der Waals surface area contributed by atoms with Crippen molar-refractivity contribution >= 4 is 11.9 Å². The minimum absolute atomic E-state index is 0.0562. The number of benzene rings is 2. The van der Waals surface area contributed by atoms with Gasteiger partial charge in [-0.3, -0.25) is 9.69 Å². The Morgan fingerprint density at radius 1 is 1.00 bits per heavy atom. The molecule has 6 heteroatoms. The molecule has 1 aliphatic rings. The smallest absolute Gasteiger partial charge is 0.324 e. The van der Waals surface area contributed by atoms with Crippen LogP contribution in [0.4, 0.5) is 4.79 Å². The van der Waals surface area contributed by atoms with E-state index < -0.39 is 18.2 Å². The molecular formula is C21H24N2O4. The van der Waals surface area contributed by atoms with E-state index in [1.807, 2.05) is 60.7 Å². The van der Waals surface area contributed by atoms with Gasteiger partial charge < -0.3 is 15.2 Å². The van der Waals surface area contributed by atoms with Crippen molar-refractivity contribution in [3.05, 3.63) is 71.8 Å². The Morgan fingerprint density at radius 2 is 1.63 bits per heavy atom. The van der Waals surface area contributed by atoms with Crippen molar-refractivity contribution in [2.24, 2.45) is 0 Å². The number of aliphatic hydroxyl groups is 1. The second-order valence-electron chi connectivity index (χ2n) is 6.63. The average molecular weight is 368 g/mol. The Kier molecular flexibility index (Phi) is 6.57. The molecule has 0 bridgehead atoms. The number of carbonyl (C=O) groups is 2. The summed E-state index contributed by atoms with van der Waals surface area (Å²) >= 11 is 0. The standard InChI is InChI=1S/C21H24N2O4/c24-18(15-27-14-17-9-5-2-6-10-17)13-23-20(25)19(22-21(23)26)12-11-16-7-3-1-4-8-16/h1-10,18-19,24H,11-15H2,(H,22,26). The van der Waals surface area contributed by atoms with Crippen LogP contribution >= 0.6 is 0 Å². The second-order valence-corrected chi connectivity index (χ2v) is 6.63. The number of urea groups is 1. The van der Waals surface area contributed by atoms with Crippen LogP contribution < -0.4 is 5.32 Å². The zero-order valence-corrected chi connectivity index (χ0v) is 15.1. The van der Waals surface area contributed by atoms with Gasteiger partial charge in [0.05, 0.1) is 25.9 Å². The van der Waals surface area contributed by atoms with Gasteiger partial charge in [-0.05, 0) is 24.0 Å². The number of carbonyl (C=O) groups excluding carboxylic acids is 2. The Bertz CT molecular complexity index is 751. The SMILES string of the molecule is O=C1NC(CCc2ccccc2)C(=O)N1CC(O)COCc1ccccc1. The normalized spacial score (nSPS) is 17.8. The van der Waals surface area contributed by atoms with Gasteiger partial charge in [0.25, 0.3) is 5.91 Å². The number of amides is 3. The van der Waals surface area contributed by atoms with Gasteiger partial charge >= 0.3 is 6.03 Å². The van der Waals surface area contributed by atoms with Gasteiger partial charge in [0.15, 0.2) is 0 Å². The zero-order chi connectivity index (χ0) is 19.1. The molecule has 1 heterocycles. The summed E-state index contributed by atoms with van der Waals surface area (Å²) in [5.41, 5.74) is 2.12. The van der Waals surface area contributed by atoms with Crippen LogP contribution in [0, 0.1) is 0 Å². The van der Waals surface area contributed by atoms with Crippen molar-refractivity contribution in [1.29, 1.82) is 0 Å². The summed E-state index contributed by atoms with van der Waals surface area (Å²) in [5.74, 6) is -0.293. The first-order chi connectivity index (χ1) is 13.1. The van der Waals surface area contributed by atoms with Gasteiger partial charge in [-0.15, -0.1) is 0 Å². The van der Waals surface area contributed by atoms with E-state index in [9.17, 15) is 14.7 Å². The van der Waals surface area contributed by atoms with Crippen LogP contribution in [0.5, 0.6) is 0 Å². The van der Waals surface area contributed by atoms with Gasteiger partial charge in [0.2, 0.25) is 0 Å². The molecule has 0 saturated carbocycles. The Balaban J connectivity index is 1.43. The summed E-state index contributed by atoms with van der Waals surface area (Å²) in [6, 6.07) is 18.4. The van der Waals surface area contributed by atoms with Gasteiger partial charge in [0.1, 0.15) is 6.04 Å². The van der Waals surface area contributed by atoms with Crippen LogP contribution in [0.3, 0.4) is 0 Å². The highest BCUT2D eigenvalue weighted by Crippen LogP contribution is 2.13. The van der Waals surface area contributed by atoms with Gasteiger partial charge in [-0.2, -0.15) is 0 Å². The molecule has 0 radical (unpaired) electrons. The molecule has 2 atom stereocenters. The molecule has 2 N–H and O–H groups in total. The molecule has 0 aromatic heterocycles. The molecule has 1 saturated heterocycles. The molecule has 2 unspecified atom stereocenters. The molecule has 0 spiro atoms. The number of ether oxygens (including phenoxy) is 1. The number of imide groups is 1. The largest absolute Gasteiger partial charge is 0.389 e. The fourth-order valence-corrected chi connectivity index (χ4v) is 3.05. The number of β-amino-alcohol motifs (C(OH)–C–C–N with tert-alkyl or cyclic N) is 1. The van der Waals surface area contributed by atoms with E-state index in [1.165, 1.54) is 0 Å². The van der Waals surface area contributed by atoms with E-state index in [1.54, 1.807) is 0 Å². The maximum Gasteiger partial charge on any atom is 0.324 e. The molecule has 6 nitrogen and oxygen atoms in total. The summed E-state index contributed by atoms with van der Waals surface area (Å²) in [4.78, 5) is 25.6. The number of nitrogens with one attached hydrogen (secondary N) is 1. The maximum atomic E-state index is 12.5. The monoisotopic (exact) mass is 368 g/mol. The van der Waals surface area contributed by atoms with E-state index >= 15 is 0 Å². The second kappa shape index (κ2) is 9.30. The summed E-state index contributed by atoms with van der Waals surface area (Å²) < 4.78 is 5.47. The molecule has 1 aliphatic heterocycles. The first-order valence-electron chi connectivity index (χ1n) is 9.09. The van der Waals surface area contributed by atoms with Crippen molar-refractivity contribution in [3.8, 4) is 0 Å². The molecule has 27 heavy (non-hydrogen) atoms. The molecule has 3 amide bonds. The molecular weight excluding hydrogens is 344 g/mol. The van der Waals surface area contributed by atoms with Crippen LogP contribution in [-0.2, 0) is 22.6 Å². The summed E-state index contributed by atoms with van der Waals surface area (Å²) in [7, 11) is 0. The lowest BCUT2D eigenvalue weighted by Gasteiger charge is -2.18. The highest BCUT2D eigenvalue weighted by Gasteiger charge is 2.38. The van der Waals surface area contributed by atoms with Crippen LogP contribution in [0.15, 0.2) is 60.7 Å². The molecule has 2 aromatic rings. The van der Waals surface area contributed by atoms with E-state index in [2.05, 4.69) is 5.32 Å². The van der Waals surface area contributed by atoms with Crippen molar-refractivity contribution in [2.45, 2.75) is 31.6 Å². The fraction of sp³-hybridized carbons (Fsp3) is 0.333. The lowest BCUT2D eigenvalue weighted by Crippen LogP contribution is -2.39. The van der Waals surface area contributed by atoms with Gasteiger partial charge in [-0.1, -0.05) is 60.7 Å². The topological polar surface area (TPSA) is 78.9 Å². The number of nitrogens with zero attached hydrogens (tertiary/aromatic N) is 1. The number of hydrogen-bond donors (Lipinski definition) is 2. The predicted octanol–water partition coefficient (Wildman–Crippen LogP) is 2.12. The highest BCUT2D eigenvalue weighted by molar-refractivity contribution is 6.04. The Hall–Kier alpha value is -2.70. The minimum atomic E-state index is -0.920. The lowest BCUT2D eigenvalue weighted by molar-refractivity contribution is -0.129. The molecule has 142 valence electrons. The molecule has 3 rings (SSSR count). The molecule has 2 aromatic carbocycles. The van der Waals surface area contributed by atoms with Crippen molar-refractivity contribution in [3.63, 3.8) is 0 Å². The fourth-order valence-electron chi connectivity index (χ4n) is 3.05. The van der Waals surface area contributed by atoms with E-state index in [0.29, 0.717) is 19.4 Å². The predicted molar refractivity (Wildman–Crippen MR) is 101 cm³/mol. The maximum absolute atomic E-state index is 12.5. The first-order valence-corrected chi connectivity index (χ1v) is 9.09. The first kappa shape index (κ1) is 19.1. The third-order valence-corrected chi connectivity index (χ3v) is 4.49. The van der Waals surface area contributed by atoms with E-state index in [4.69, 9.17) is 4.74 Å². The molecule has 1 fully saturated rings. The summed E-state index contributed by atoms with van der Waals surface area (Å²) in [6.07, 6.45) is 0.316. The van der Waals surface area contributed by atoms with Gasteiger partial charge in [0, 0.05) is 0 Å². The number of hydrogen-bond acceptors (Lipinski definition) is 4. The van der Waals surface area contributed by atoms with Crippen molar-refractivity contribution in [2.75, 3.05) is 13.2 Å². The van der Waals surface area contributed by atoms with Crippen LogP contribution in [0.2, 0.25) is 0 Å². The van der Waals surface area contributed by atoms with E-state index in [0.717, 1.165) is 16.0 Å². The van der Waals surface area contributed by atoms with Crippen LogP contribution in [0.1, 0.15) is 17.5 Å². The minimum Gasteiger partial charge on any atom is -0.389 e. The zero-order valence-electron chi connectivity index (χ0n) is 15.1. The van der Waals surface area contributed by atoms with Crippen molar-refractivity contribution in [1.82, 2.24) is 10.2 Å². The third kappa shape index (κ3) is 5.39. The summed E-state index contributed by atoms with van der Waals surface area (Å²) in [5, 5.41) is 12.8.